The van der Waals surface area contributed by atoms with Crippen LogP contribution in [0.5, 0.6) is 0 Å². The number of nitrogens with zero attached hydrogens (tertiary/aromatic N) is 1. The number of rotatable bonds is 5. The fourth-order valence-corrected chi connectivity index (χ4v) is 2.48. The van der Waals surface area contributed by atoms with Gasteiger partial charge in [-0.3, -0.25) is 4.98 Å². The molecule has 1 atom stereocenters. The zero-order valence-corrected chi connectivity index (χ0v) is 11.1. The molecule has 0 bridgehead atoms. The van der Waals surface area contributed by atoms with Crippen molar-refractivity contribution in [1.29, 1.82) is 0 Å². The molecule has 0 aliphatic rings. The minimum Gasteiger partial charge on any atom is -0.310 e. The van der Waals surface area contributed by atoms with Crippen LogP contribution in [0.1, 0.15) is 23.6 Å². The fraction of sp³-hybridized carbons (Fsp3) is 0.357. The molecular weight excluding hydrogens is 228 g/mol. The molecule has 1 unspecified atom stereocenters. The predicted octanol–water partition coefficient (Wildman–Crippen LogP) is 3.17. The summed E-state index contributed by atoms with van der Waals surface area (Å²) in [5.41, 5.74) is 4.00. The highest BCUT2D eigenvalue weighted by atomic mass is 32.1. The van der Waals surface area contributed by atoms with Crippen LogP contribution in [0.3, 0.4) is 0 Å². The van der Waals surface area contributed by atoms with Gasteiger partial charge in [-0.25, -0.2) is 0 Å². The highest BCUT2D eigenvalue weighted by Crippen LogP contribution is 2.09. The Labute approximate surface area is 107 Å². The Hall–Kier alpha value is -1.19. The van der Waals surface area contributed by atoms with Crippen molar-refractivity contribution >= 4 is 11.3 Å². The van der Waals surface area contributed by atoms with Crippen LogP contribution in [0.15, 0.2) is 35.3 Å². The van der Waals surface area contributed by atoms with Gasteiger partial charge in [-0.2, -0.15) is 11.3 Å². The summed E-state index contributed by atoms with van der Waals surface area (Å²) in [5, 5.41) is 7.89. The first kappa shape index (κ1) is 12.3. The van der Waals surface area contributed by atoms with Crippen molar-refractivity contribution < 1.29 is 0 Å². The summed E-state index contributed by atoms with van der Waals surface area (Å²) in [6, 6.07) is 4.74. The molecule has 1 N–H and O–H groups in total. The molecule has 3 heteroatoms. The lowest BCUT2D eigenvalue weighted by Crippen LogP contribution is -2.27. The fourth-order valence-electron chi connectivity index (χ4n) is 1.80. The Balaban J connectivity index is 1.84. The first-order valence-electron chi connectivity index (χ1n) is 5.89. The van der Waals surface area contributed by atoms with E-state index in [9.17, 15) is 0 Å². The number of thiophene rings is 1. The minimum atomic E-state index is 0.490. The number of pyridine rings is 1. The maximum absolute atomic E-state index is 4.16. The summed E-state index contributed by atoms with van der Waals surface area (Å²) in [6.07, 6.45) is 4.87. The maximum atomic E-state index is 4.16. The normalized spacial score (nSPS) is 12.6. The van der Waals surface area contributed by atoms with E-state index >= 15 is 0 Å². The third kappa shape index (κ3) is 3.65. The van der Waals surface area contributed by atoms with Crippen LogP contribution in [0.4, 0.5) is 0 Å². The predicted molar refractivity (Wildman–Crippen MR) is 73.3 cm³/mol. The summed E-state index contributed by atoms with van der Waals surface area (Å²) in [5.74, 6) is 0. The third-order valence-corrected chi connectivity index (χ3v) is 3.64. The molecule has 2 aromatic heterocycles. The van der Waals surface area contributed by atoms with Crippen molar-refractivity contribution in [2.75, 3.05) is 0 Å². The van der Waals surface area contributed by atoms with Crippen LogP contribution in [0.25, 0.3) is 0 Å². The summed E-state index contributed by atoms with van der Waals surface area (Å²) in [4.78, 5) is 4.16. The SMILES string of the molecule is Cc1ccncc1CNC(C)Cc1ccsc1. The second-order valence-electron chi connectivity index (χ2n) is 4.42. The monoisotopic (exact) mass is 246 g/mol. The zero-order chi connectivity index (χ0) is 12.1. The van der Waals surface area contributed by atoms with Crippen molar-refractivity contribution in [2.24, 2.45) is 0 Å². The quantitative estimate of drug-likeness (QED) is 0.876. The van der Waals surface area contributed by atoms with E-state index in [1.807, 2.05) is 12.4 Å². The van der Waals surface area contributed by atoms with Crippen LogP contribution in [0, 0.1) is 6.92 Å². The number of nitrogens with one attached hydrogen (secondary N) is 1. The lowest BCUT2D eigenvalue weighted by atomic mass is 10.1. The van der Waals surface area contributed by atoms with Gasteiger partial charge in [-0.15, -0.1) is 0 Å². The summed E-state index contributed by atoms with van der Waals surface area (Å²) in [6.45, 7) is 5.25. The standard InChI is InChI=1S/C14H18N2S/c1-11-3-5-15-8-14(11)9-16-12(2)7-13-4-6-17-10-13/h3-6,8,10,12,16H,7,9H2,1-2H3. The smallest absolute Gasteiger partial charge is 0.0315 e. The molecule has 0 aliphatic heterocycles. The van der Waals surface area contributed by atoms with Crippen LogP contribution in [-0.4, -0.2) is 11.0 Å². The molecule has 0 fully saturated rings. The molecule has 0 spiro atoms. The summed E-state index contributed by atoms with van der Waals surface area (Å²) >= 11 is 1.76. The first-order chi connectivity index (χ1) is 8.25. The Kier molecular flexibility index (Phi) is 4.29. The highest BCUT2D eigenvalue weighted by Gasteiger charge is 2.04. The number of aryl methyl sites for hydroxylation is 1. The molecule has 0 saturated carbocycles. The van der Waals surface area contributed by atoms with Gasteiger partial charge in [0.2, 0.25) is 0 Å². The van der Waals surface area contributed by atoms with Crippen molar-refractivity contribution in [2.45, 2.75) is 32.9 Å². The van der Waals surface area contributed by atoms with E-state index in [0.717, 1.165) is 13.0 Å². The molecule has 17 heavy (non-hydrogen) atoms. The molecule has 90 valence electrons. The minimum absolute atomic E-state index is 0.490. The van der Waals surface area contributed by atoms with Gasteiger partial charge in [0.1, 0.15) is 0 Å². The van der Waals surface area contributed by atoms with E-state index in [1.54, 1.807) is 11.3 Å². The molecule has 2 rings (SSSR count). The number of hydrogen-bond acceptors (Lipinski definition) is 3. The van der Waals surface area contributed by atoms with E-state index < -0.39 is 0 Å². The first-order valence-corrected chi connectivity index (χ1v) is 6.84. The van der Waals surface area contributed by atoms with Gasteiger partial charge >= 0.3 is 0 Å². The molecular formula is C14H18N2S. The summed E-state index contributed by atoms with van der Waals surface area (Å²) < 4.78 is 0. The Morgan fingerprint density at radius 1 is 1.41 bits per heavy atom. The number of hydrogen-bond donors (Lipinski definition) is 1. The van der Waals surface area contributed by atoms with Crippen molar-refractivity contribution in [3.8, 4) is 0 Å². The molecule has 2 heterocycles. The lowest BCUT2D eigenvalue weighted by molar-refractivity contribution is 0.544. The molecule has 0 aromatic carbocycles. The average Bonchev–Trinajstić information content (AvgIpc) is 2.81. The van der Waals surface area contributed by atoms with E-state index in [4.69, 9.17) is 0 Å². The van der Waals surface area contributed by atoms with Gasteiger partial charge in [0, 0.05) is 25.0 Å². The van der Waals surface area contributed by atoms with E-state index in [2.05, 4.69) is 47.0 Å². The second kappa shape index (κ2) is 5.94. The Morgan fingerprint density at radius 2 is 2.29 bits per heavy atom. The van der Waals surface area contributed by atoms with Gasteiger partial charge in [0.05, 0.1) is 0 Å². The van der Waals surface area contributed by atoms with Gasteiger partial charge in [0.15, 0.2) is 0 Å². The largest absolute Gasteiger partial charge is 0.310 e. The lowest BCUT2D eigenvalue weighted by Gasteiger charge is -2.14. The second-order valence-corrected chi connectivity index (χ2v) is 5.20. The molecule has 2 aromatic rings. The molecule has 0 saturated heterocycles. The van der Waals surface area contributed by atoms with Crippen LogP contribution >= 0.6 is 11.3 Å². The summed E-state index contributed by atoms with van der Waals surface area (Å²) in [7, 11) is 0. The Morgan fingerprint density at radius 3 is 3.00 bits per heavy atom. The molecule has 0 amide bonds. The molecule has 0 aliphatic carbocycles. The van der Waals surface area contributed by atoms with Crippen LogP contribution < -0.4 is 5.32 Å². The topological polar surface area (TPSA) is 24.9 Å². The molecule has 2 nitrogen and oxygen atoms in total. The van der Waals surface area contributed by atoms with E-state index in [1.165, 1.54) is 16.7 Å². The van der Waals surface area contributed by atoms with Crippen LogP contribution in [-0.2, 0) is 13.0 Å². The van der Waals surface area contributed by atoms with Gasteiger partial charge in [-0.05, 0) is 59.9 Å². The molecule has 0 radical (unpaired) electrons. The Bertz CT molecular complexity index is 451. The van der Waals surface area contributed by atoms with Crippen LogP contribution in [0.2, 0.25) is 0 Å². The number of aromatic nitrogens is 1. The van der Waals surface area contributed by atoms with Gasteiger partial charge in [-0.1, -0.05) is 0 Å². The van der Waals surface area contributed by atoms with Gasteiger partial charge in [0.25, 0.3) is 0 Å². The average molecular weight is 246 g/mol. The van der Waals surface area contributed by atoms with Crippen molar-refractivity contribution in [3.63, 3.8) is 0 Å². The third-order valence-electron chi connectivity index (χ3n) is 2.91. The van der Waals surface area contributed by atoms with Crippen molar-refractivity contribution in [3.05, 3.63) is 52.0 Å². The van der Waals surface area contributed by atoms with Gasteiger partial charge < -0.3 is 5.32 Å². The highest BCUT2D eigenvalue weighted by molar-refractivity contribution is 7.07. The van der Waals surface area contributed by atoms with E-state index in [0.29, 0.717) is 6.04 Å². The van der Waals surface area contributed by atoms with E-state index in [-0.39, 0.29) is 0 Å². The maximum Gasteiger partial charge on any atom is 0.0315 e. The van der Waals surface area contributed by atoms with Crippen molar-refractivity contribution in [1.82, 2.24) is 10.3 Å². The zero-order valence-electron chi connectivity index (χ0n) is 10.3.